The minimum absolute atomic E-state index is 0.0560. The molecular formula is C30H29Cl2NO7S2. The van der Waals surface area contributed by atoms with Gasteiger partial charge in [0, 0.05) is 5.02 Å². The number of halogens is 2. The van der Waals surface area contributed by atoms with Crippen molar-refractivity contribution in [3.8, 4) is 17.2 Å². The molecule has 1 aliphatic heterocycles. The third-order valence-corrected chi connectivity index (χ3v) is 8.84. The second-order valence-electron chi connectivity index (χ2n) is 9.63. The number of rotatable bonds is 11. The van der Waals surface area contributed by atoms with Crippen LogP contribution in [0.15, 0.2) is 64.4 Å². The molecule has 0 spiro atoms. The van der Waals surface area contributed by atoms with Gasteiger partial charge in [-0.3, -0.25) is 14.5 Å². The number of carbonyl (C=O) groups is 2. The number of nitrogens with zero attached hydrogens (tertiary/aromatic N) is 1. The molecule has 42 heavy (non-hydrogen) atoms. The molecule has 3 aromatic rings. The maximum absolute atomic E-state index is 13.1. The molecule has 1 heterocycles. The molecule has 0 bridgehead atoms. The van der Waals surface area contributed by atoms with Crippen LogP contribution in [0, 0.1) is 6.92 Å². The Balaban J connectivity index is 1.52. The van der Waals surface area contributed by atoms with Crippen LogP contribution in [0.1, 0.15) is 43.4 Å². The summed E-state index contributed by atoms with van der Waals surface area (Å²) in [7, 11) is -4.25. The number of thioether (sulfide) groups is 1. The number of carbonyl (C=O) groups excluding carboxylic acids is 2. The smallest absolute Gasteiger partial charge is 0.339 e. The number of imide groups is 1. The fraction of sp³-hybridized carbons (Fsp3) is 0.267. The average molecular weight is 651 g/mol. The summed E-state index contributed by atoms with van der Waals surface area (Å²) in [5, 5.41) is -0.111. The van der Waals surface area contributed by atoms with Crippen LogP contribution in [-0.2, 0) is 14.9 Å². The maximum atomic E-state index is 13.1. The molecular weight excluding hydrogens is 621 g/mol. The SMILES string of the molecule is CCOc1cc(/C=C2\SC(=O)N(CCOc3cc(C)ccc3C(C)C)C2=O)cc(Cl)c1OS(=O)(=O)c1ccc(Cl)cc1. The van der Waals surface area contributed by atoms with E-state index in [0.29, 0.717) is 10.6 Å². The molecule has 0 saturated carbocycles. The van der Waals surface area contributed by atoms with Gasteiger partial charge in [0.05, 0.1) is 23.1 Å². The van der Waals surface area contributed by atoms with Crippen LogP contribution in [0.25, 0.3) is 6.08 Å². The van der Waals surface area contributed by atoms with Crippen LogP contribution in [-0.4, -0.2) is 44.2 Å². The van der Waals surface area contributed by atoms with Gasteiger partial charge in [-0.15, -0.1) is 0 Å². The number of benzene rings is 3. The first-order valence-electron chi connectivity index (χ1n) is 13.0. The predicted octanol–water partition coefficient (Wildman–Crippen LogP) is 7.71. The Morgan fingerprint density at radius 2 is 1.69 bits per heavy atom. The molecule has 1 saturated heterocycles. The second-order valence-corrected chi connectivity index (χ2v) is 13.0. The van der Waals surface area contributed by atoms with Crippen LogP contribution in [0.3, 0.4) is 0 Å². The fourth-order valence-corrected chi connectivity index (χ4v) is 6.36. The van der Waals surface area contributed by atoms with Gasteiger partial charge in [-0.2, -0.15) is 8.42 Å². The Morgan fingerprint density at radius 1 is 0.976 bits per heavy atom. The first-order chi connectivity index (χ1) is 19.9. The number of ether oxygens (including phenoxy) is 2. The monoisotopic (exact) mass is 649 g/mol. The Kier molecular flexibility index (Phi) is 10.1. The Hall–Kier alpha value is -3.18. The Morgan fingerprint density at radius 3 is 2.36 bits per heavy atom. The van der Waals surface area contributed by atoms with E-state index >= 15 is 0 Å². The summed E-state index contributed by atoms with van der Waals surface area (Å²) in [6.07, 6.45) is 1.50. The lowest BCUT2D eigenvalue weighted by molar-refractivity contribution is -0.123. The molecule has 0 N–H and O–H groups in total. The molecule has 0 radical (unpaired) electrons. The van der Waals surface area contributed by atoms with Crippen LogP contribution >= 0.6 is 35.0 Å². The normalized spacial score (nSPS) is 14.6. The molecule has 3 aromatic carbocycles. The van der Waals surface area contributed by atoms with Crippen molar-refractivity contribution in [1.29, 1.82) is 0 Å². The van der Waals surface area contributed by atoms with Gasteiger partial charge in [0.25, 0.3) is 11.1 Å². The highest BCUT2D eigenvalue weighted by atomic mass is 35.5. The molecule has 12 heteroatoms. The second kappa shape index (κ2) is 13.4. The van der Waals surface area contributed by atoms with E-state index in [4.69, 9.17) is 36.9 Å². The van der Waals surface area contributed by atoms with Gasteiger partial charge in [0.15, 0.2) is 5.75 Å². The molecule has 1 fully saturated rings. The van der Waals surface area contributed by atoms with Crippen LogP contribution < -0.4 is 13.7 Å². The van der Waals surface area contributed by atoms with E-state index in [0.717, 1.165) is 33.5 Å². The van der Waals surface area contributed by atoms with Crippen molar-refractivity contribution in [2.45, 2.75) is 38.5 Å². The summed E-state index contributed by atoms with van der Waals surface area (Å²) in [5.41, 5.74) is 2.51. The van der Waals surface area contributed by atoms with Crippen molar-refractivity contribution in [3.63, 3.8) is 0 Å². The van der Waals surface area contributed by atoms with E-state index < -0.39 is 21.3 Å². The van der Waals surface area contributed by atoms with Gasteiger partial charge in [-0.05, 0) is 96.8 Å². The third-order valence-electron chi connectivity index (χ3n) is 6.16. The van der Waals surface area contributed by atoms with Gasteiger partial charge in [0.1, 0.15) is 17.3 Å². The highest BCUT2D eigenvalue weighted by molar-refractivity contribution is 8.18. The van der Waals surface area contributed by atoms with Crippen molar-refractivity contribution in [3.05, 3.63) is 86.2 Å². The molecule has 0 aliphatic carbocycles. The summed E-state index contributed by atoms with van der Waals surface area (Å²) < 4.78 is 42.6. The minimum Gasteiger partial charge on any atom is -0.491 e. The third kappa shape index (κ3) is 7.42. The maximum Gasteiger partial charge on any atom is 0.339 e. The summed E-state index contributed by atoms with van der Waals surface area (Å²) in [6, 6.07) is 14.4. The number of amides is 2. The first-order valence-corrected chi connectivity index (χ1v) is 16.0. The zero-order valence-electron chi connectivity index (χ0n) is 23.3. The summed E-state index contributed by atoms with van der Waals surface area (Å²) in [6.45, 7) is 8.23. The largest absolute Gasteiger partial charge is 0.491 e. The van der Waals surface area contributed by atoms with E-state index in [9.17, 15) is 18.0 Å². The van der Waals surface area contributed by atoms with Gasteiger partial charge in [-0.25, -0.2) is 0 Å². The summed E-state index contributed by atoms with van der Waals surface area (Å²) in [4.78, 5) is 27.0. The Labute approximate surface area is 259 Å². The van der Waals surface area contributed by atoms with Crippen molar-refractivity contribution in [2.75, 3.05) is 19.8 Å². The van der Waals surface area contributed by atoms with Gasteiger partial charge in [-0.1, -0.05) is 49.2 Å². The molecule has 8 nitrogen and oxygen atoms in total. The van der Waals surface area contributed by atoms with E-state index in [1.165, 1.54) is 42.5 Å². The van der Waals surface area contributed by atoms with E-state index in [-0.39, 0.29) is 52.0 Å². The predicted molar refractivity (Wildman–Crippen MR) is 165 cm³/mol. The van der Waals surface area contributed by atoms with E-state index in [2.05, 4.69) is 13.8 Å². The molecule has 4 rings (SSSR count). The standard InChI is InChI=1S/C30H29Cl2NO7S2/c1-5-38-26-16-20(15-24(32)28(26)40-42(36,37)22-9-7-21(31)8-10-22)17-27-29(34)33(30(35)41-27)12-13-39-25-14-19(4)6-11-23(25)18(2)3/h6-11,14-18H,5,12-13H2,1-4H3/b27-17-. The molecule has 1 aliphatic rings. The number of hydrogen-bond donors (Lipinski definition) is 0. The lowest BCUT2D eigenvalue weighted by Crippen LogP contribution is -2.32. The molecule has 0 unspecified atom stereocenters. The van der Waals surface area contributed by atoms with Crippen LogP contribution in [0.4, 0.5) is 4.79 Å². The topological polar surface area (TPSA) is 99.2 Å². The van der Waals surface area contributed by atoms with Crippen LogP contribution in [0.2, 0.25) is 10.0 Å². The lowest BCUT2D eigenvalue weighted by atomic mass is 10.0. The van der Waals surface area contributed by atoms with Gasteiger partial charge >= 0.3 is 10.1 Å². The first kappa shape index (κ1) is 31.7. The van der Waals surface area contributed by atoms with E-state index in [1.54, 1.807) is 6.92 Å². The molecule has 222 valence electrons. The zero-order chi connectivity index (χ0) is 30.6. The quantitative estimate of drug-likeness (QED) is 0.154. The molecule has 0 atom stereocenters. The highest BCUT2D eigenvalue weighted by Crippen LogP contribution is 2.40. The van der Waals surface area contributed by atoms with Gasteiger partial charge < -0.3 is 13.7 Å². The minimum atomic E-state index is -4.25. The fourth-order valence-electron chi connectivity index (χ4n) is 4.11. The average Bonchev–Trinajstić information content (AvgIpc) is 3.18. The van der Waals surface area contributed by atoms with Crippen LogP contribution in [0.5, 0.6) is 17.2 Å². The van der Waals surface area contributed by atoms with Crippen molar-refractivity contribution >= 4 is 62.3 Å². The zero-order valence-corrected chi connectivity index (χ0v) is 26.5. The van der Waals surface area contributed by atoms with Crippen molar-refractivity contribution in [2.24, 2.45) is 0 Å². The summed E-state index contributed by atoms with van der Waals surface area (Å²) in [5.74, 6) is 0.365. The molecule has 0 aromatic heterocycles. The molecule has 2 amide bonds. The van der Waals surface area contributed by atoms with Gasteiger partial charge in [0.2, 0.25) is 5.75 Å². The van der Waals surface area contributed by atoms with Crippen molar-refractivity contribution < 1.29 is 31.7 Å². The lowest BCUT2D eigenvalue weighted by Gasteiger charge is -2.17. The number of aryl methyl sites for hydroxylation is 1. The van der Waals surface area contributed by atoms with Crippen molar-refractivity contribution in [1.82, 2.24) is 4.90 Å². The number of hydrogen-bond acceptors (Lipinski definition) is 8. The Bertz CT molecular complexity index is 1640. The van der Waals surface area contributed by atoms with E-state index in [1.807, 2.05) is 25.1 Å². The summed E-state index contributed by atoms with van der Waals surface area (Å²) >= 11 is 13.1. The highest BCUT2D eigenvalue weighted by Gasteiger charge is 2.35.